The molecule has 1 aromatic heterocycles. The predicted molar refractivity (Wildman–Crippen MR) is 70.1 cm³/mol. The molecule has 1 amide bonds. The highest BCUT2D eigenvalue weighted by Gasteiger charge is 2.29. The Balaban J connectivity index is 1.84. The molecule has 1 fully saturated rings. The van der Waals surface area contributed by atoms with Crippen molar-refractivity contribution < 1.29 is 14.7 Å². The first-order chi connectivity index (χ1) is 8.56. The predicted octanol–water partition coefficient (Wildman–Crippen LogP) is 2.63. The lowest BCUT2D eigenvalue weighted by Gasteiger charge is -2.12. The van der Waals surface area contributed by atoms with Gasteiger partial charge in [-0.1, -0.05) is 24.4 Å². The van der Waals surface area contributed by atoms with Crippen LogP contribution < -0.4 is 5.32 Å². The molecule has 2 rings (SSSR count). The Hall–Kier alpha value is -1.07. The van der Waals surface area contributed by atoms with E-state index in [2.05, 4.69) is 5.32 Å². The highest BCUT2D eigenvalue weighted by atomic mass is 35.5. The fraction of sp³-hybridized carbons (Fsp3) is 0.500. The molecule has 0 spiro atoms. The first-order valence-corrected chi connectivity index (χ1v) is 7.02. The van der Waals surface area contributed by atoms with Gasteiger partial charge in [0.2, 0.25) is 0 Å². The molecule has 6 heteroatoms. The minimum absolute atomic E-state index is 0.181. The molecule has 0 aromatic carbocycles. The number of hydrogen-bond donors (Lipinski definition) is 2. The van der Waals surface area contributed by atoms with E-state index in [4.69, 9.17) is 16.7 Å². The molecule has 1 aliphatic rings. The zero-order valence-electron chi connectivity index (χ0n) is 9.69. The summed E-state index contributed by atoms with van der Waals surface area (Å²) in [6, 6.07) is 3.29. The number of amides is 1. The number of thiophene rings is 1. The van der Waals surface area contributed by atoms with Crippen molar-refractivity contribution in [1.82, 2.24) is 5.32 Å². The van der Waals surface area contributed by atoms with Gasteiger partial charge in [0.25, 0.3) is 5.91 Å². The summed E-state index contributed by atoms with van der Waals surface area (Å²) in [6.45, 7) is 0.181. The second-order valence-electron chi connectivity index (χ2n) is 4.53. The number of carbonyl (C=O) groups is 2. The molecule has 0 radical (unpaired) electrons. The maximum absolute atomic E-state index is 11.7. The number of rotatable bonds is 6. The summed E-state index contributed by atoms with van der Waals surface area (Å²) in [5.41, 5.74) is 0. The van der Waals surface area contributed by atoms with Crippen molar-refractivity contribution in [2.45, 2.75) is 19.3 Å². The average molecular weight is 288 g/mol. The molecule has 1 saturated carbocycles. The van der Waals surface area contributed by atoms with Gasteiger partial charge in [-0.2, -0.15) is 0 Å². The van der Waals surface area contributed by atoms with E-state index in [0.29, 0.717) is 21.6 Å². The molecule has 1 heterocycles. The smallest absolute Gasteiger partial charge is 0.308 e. The Labute approximate surface area is 114 Å². The van der Waals surface area contributed by atoms with E-state index >= 15 is 0 Å². The first-order valence-electron chi connectivity index (χ1n) is 5.82. The van der Waals surface area contributed by atoms with Crippen molar-refractivity contribution in [1.29, 1.82) is 0 Å². The van der Waals surface area contributed by atoms with E-state index in [1.54, 1.807) is 12.1 Å². The van der Waals surface area contributed by atoms with Gasteiger partial charge >= 0.3 is 5.97 Å². The van der Waals surface area contributed by atoms with E-state index in [9.17, 15) is 9.59 Å². The molecule has 0 bridgehead atoms. The van der Waals surface area contributed by atoms with Gasteiger partial charge in [0.1, 0.15) is 0 Å². The van der Waals surface area contributed by atoms with Crippen LogP contribution in [0.15, 0.2) is 12.1 Å². The summed E-state index contributed by atoms with van der Waals surface area (Å²) < 4.78 is 0.549. The van der Waals surface area contributed by atoms with Crippen molar-refractivity contribution in [3.05, 3.63) is 21.3 Å². The molecular weight excluding hydrogens is 274 g/mol. The number of hydrogen-bond acceptors (Lipinski definition) is 3. The summed E-state index contributed by atoms with van der Waals surface area (Å²) in [6.07, 6.45) is 2.87. The maximum atomic E-state index is 11.7. The zero-order chi connectivity index (χ0) is 13.1. The van der Waals surface area contributed by atoms with E-state index in [0.717, 1.165) is 12.8 Å². The van der Waals surface area contributed by atoms with Gasteiger partial charge in [-0.15, -0.1) is 11.3 Å². The molecule has 0 aliphatic heterocycles. The molecule has 1 unspecified atom stereocenters. The van der Waals surface area contributed by atoms with Gasteiger partial charge in [-0.25, -0.2) is 0 Å². The quantitative estimate of drug-likeness (QED) is 0.845. The third kappa shape index (κ3) is 3.71. The van der Waals surface area contributed by atoms with E-state index in [1.165, 1.54) is 11.3 Å². The second-order valence-corrected chi connectivity index (χ2v) is 6.24. The Morgan fingerprint density at radius 2 is 2.22 bits per heavy atom. The van der Waals surface area contributed by atoms with Crippen molar-refractivity contribution >= 4 is 34.8 Å². The molecule has 0 saturated heterocycles. The number of nitrogens with one attached hydrogen (secondary N) is 1. The standard InChI is InChI=1S/C12H14ClNO3S/c13-10-4-3-9(18-10)11(15)14-6-8(12(16)17)5-7-1-2-7/h3-4,7-8H,1-2,5-6H2,(H,14,15)(H,16,17). The summed E-state index contributed by atoms with van der Waals surface area (Å²) in [5, 5.41) is 11.7. The lowest BCUT2D eigenvalue weighted by molar-refractivity contribution is -0.141. The monoisotopic (exact) mass is 287 g/mol. The molecule has 18 heavy (non-hydrogen) atoms. The topological polar surface area (TPSA) is 66.4 Å². The molecule has 1 aliphatic carbocycles. The maximum Gasteiger partial charge on any atom is 0.308 e. The van der Waals surface area contributed by atoms with Crippen molar-refractivity contribution in [2.24, 2.45) is 11.8 Å². The SMILES string of the molecule is O=C(NCC(CC1CC1)C(=O)O)c1ccc(Cl)s1. The van der Waals surface area contributed by atoms with Gasteiger partial charge < -0.3 is 10.4 Å². The van der Waals surface area contributed by atoms with Gasteiger partial charge in [0.05, 0.1) is 15.1 Å². The Kier molecular flexibility index (Phi) is 4.24. The van der Waals surface area contributed by atoms with Crippen LogP contribution in [-0.2, 0) is 4.79 Å². The van der Waals surface area contributed by atoms with Gasteiger partial charge in [0.15, 0.2) is 0 Å². The van der Waals surface area contributed by atoms with E-state index in [1.807, 2.05) is 0 Å². The van der Waals surface area contributed by atoms with Crippen LogP contribution >= 0.6 is 22.9 Å². The molecule has 1 atom stereocenters. The summed E-state index contributed by atoms with van der Waals surface area (Å²) >= 11 is 6.93. The Morgan fingerprint density at radius 1 is 1.50 bits per heavy atom. The van der Waals surface area contributed by atoms with Gasteiger partial charge in [0, 0.05) is 6.54 Å². The van der Waals surface area contributed by atoms with Crippen LogP contribution in [0.3, 0.4) is 0 Å². The third-order valence-corrected chi connectivity index (χ3v) is 4.20. The van der Waals surface area contributed by atoms with Crippen LogP contribution in [0.5, 0.6) is 0 Å². The number of halogens is 1. The lowest BCUT2D eigenvalue weighted by atomic mass is 10.0. The number of carbonyl (C=O) groups excluding carboxylic acids is 1. The summed E-state index contributed by atoms with van der Waals surface area (Å²) in [4.78, 5) is 23.3. The number of carboxylic acids is 1. The molecule has 1 aromatic rings. The van der Waals surface area contributed by atoms with Crippen molar-refractivity contribution in [2.75, 3.05) is 6.54 Å². The fourth-order valence-corrected chi connectivity index (χ4v) is 2.73. The highest BCUT2D eigenvalue weighted by molar-refractivity contribution is 7.17. The third-order valence-electron chi connectivity index (χ3n) is 2.97. The fourth-order valence-electron chi connectivity index (χ4n) is 1.77. The van der Waals surface area contributed by atoms with Crippen LogP contribution in [0.4, 0.5) is 0 Å². The minimum atomic E-state index is -0.841. The van der Waals surface area contributed by atoms with Crippen LogP contribution in [-0.4, -0.2) is 23.5 Å². The Morgan fingerprint density at radius 3 is 2.72 bits per heavy atom. The van der Waals surface area contributed by atoms with E-state index in [-0.39, 0.29) is 12.5 Å². The second kappa shape index (κ2) is 5.71. The number of carboxylic acid groups (broad SMARTS) is 1. The Bertz CT molecular complexity index is 456. The molecule has 98 valence electrons. The molecule has 2 N–H and O–H groups in total. The van der Waals surface area contributed by atoms with Crippen LogP contribution in [0, 0.1) is 11.8 Å². The van der Waals surface area contributed by atoms with E-state index < -0.39 is 11.9 Å². The van der Waals surface area contributed by atoms with Crippen molar-refractivity contribution in [3.63, 3.8) is 0 Å². The summed E-state index contributed by atoms with van der Waals surface area (Å²) in [7, 11) is 0. The number of aliphatic carboxylic acids is 1. The summed E-state index contributed by atoms with van der Waals surface area (Å²) in [5.74, 6) is -1.06. The van der Waals surface area contributed by atoms with Gasteiger partial charge in [-0.3, -0.25) is 9.59 Å². The van der Waals surface area contributed by atoms with Gasteiger partial charge in [-0.05, 0) is 24.5 Å². The highest BCUT2D eigenvalue weighted by Crippen LogP contribution is 2.35. The first kappa shape index (κ1) is 13.4. The average Bonchev–Trinajstić information content (AvgIpc) is 3.03. The van der Waals surface area contributed by atoms with Crippen LogP contribution in [0.25, 0.3) is 0 Å². The minimum Gasteiger partial charge on any atom is -0.481 e. The zero-order valence-corrected chi connectivity index (χ0v) is 11.3. The van der Waals surface area contributed by atoms with Crippen molar-refractivity contribution in [3.8, 4) is 0 Å². The molecule has 4 nitrogen and oxygen atoms in total. The largest absolute Gasteiger partial charge is 0.481 e. The van der Waals surface area contributed by atoms with Crippen LogP contribution in [0.2, 0.25) is 4.34 Å². The molecular formula is C12H14ClNO3S. The lowest BCUT2D eigenvalue weighted by Crippen LogP contribution is -2.32. The van der Waals surface area contributed by atoms with Crippen LogP contribution in [0.1, 0.15) is 28.9 Å². The normalized spacial score (nSPS) is 16.3.